The second-order valence-corrected chi connectivity index (χ2v) is 5.93. The number of pyridine rings is 1. The van der Waals surface area contributed by atoms with Crippen molar-refractivity contribution in [3.63, 3.8) is 0 Å². The van der Waals surface area contributed by atoms with Crippen molar-refractivity contribution in [2.75, 3.05) is 25.5 Å². The molecular formula is C16H18N4O3. The standard InChI is InChI=1S/C16H18N4O3/c17-14-7-10(1-4-18-14)16(21)20-5-2-13-12(8-20)19-15(23-13)11-3-6-22-9-11/h1,4,7,11H,2-3,5-6,8-9H2,(H2,17,18). The minimum absolute atomic E-state index is 0.0569. The number of ether oxygens (including phenoxy) is 1. The highest BCUT2D eigenvalue weighted by Crippen LogP contribution is 2.29. The summed E-state index contributed by atoms with van der Waals surface area (Å²) in [6.07, 6.45) is 3.17. The zero-order valence-corrected chi connectivity index (χ0v) is 12.7. The van der Waals surface area contributed by atoms with Gasteiger partial charge in [-0.3, -0.25) is 4.79 Å². The van der Waals surface area contributed by atoms with Crippen molar-refractivity contribution in [2.24, 2.45) is 0 Å². The van der Waals surface area contributed by atoms with E-state index in [0.717, 1.165) is 30.4 Å². The molecule has 7 heteroatoms. The summed E-state index contributed by atoms with van der Waals surface area (Å²) in [5, 5.41) is 0. The lowest BCUT2D eigenvalue weighted by atomic mass is 10.1. The molecule has 4 heterocycles. The molecule has 1 unspecified atom stereocenters. The number of aromatic nitrogens is 2. The van der Waals surface area contributed by atoms with E-state index in [1.54, 1.807) is 23.2 Å². The van der Waals surface area contributed by atoms with Gasteiger partial charge in [-0.05, 0) is 18.6 Å². The van der Waals surface area contributed by atoms with Crippen molar-refractivity contribution in [1.82, 2.24) is 14.9 Å². The number of fused-ring (bicyclic) bond motifs is 1. The van der Waals surface area contributed by atoms with Gasteiger partial charge in [0, 0.05) is 31.3 Å². The monoisotopic (exact) mass is 314 g/mol. The van der Waals surface area contributed by atoms with Crippen molar-refractivity contribution in [3.8, 4) is 0 Å². The molecule has 2 aliphatic rings. The van der Waals surface area contributed by atoms with Crippen LogP contribution in [0.4, 0.5) is 5.82 Å². The lowest BCUT2D eigenvalue weighted by Gasteiger charge is -2.25. The quantitative estimate of drug-likeness (QED) is 0.899. The van der Waals surface area contributed by atoms with E-state index >= 15 is 0 Å². The predicted molar refractivity (Wildman–Crippen MR) is 81.8 cm³/mol. The van der Waals surface area contributed by atoms with Crippen LogP contribution in [0.15, 0.2) is 22.7 Å². The highest BCUT2D eigenvalue weighted by atomic mass is 16.5. The minimum Gasteiger partial charge on any atom is -0.445 e. The molecule has 2 aromatic heterocycles. The number of carbonyl (C=O) groups excluding carboxylic acids is 1. The Morgan fingerprint density at radius 2 is 2.35 bits per heavy atom. The van der Waals surface area contributed by atoms with E-state index in [-0.39, 0.29) is 11.8 Å². The number of hydrogen-bond acceptors (Lipinski definition) is 6. The van der Waals surface area contributed by atoms with Crippen LogP contribution in [-0.2, 0) is 17.7 Å². The fourth-order valence-electron chi connectivity index (χ4n) is 3.06. The van der Waals surface area contributed by atoms with Crippen LogP contribution in [0.2, 0.25) is 0 Å². The summed E-state index contributed by atoms with van der Waals surface area (Å²) in [5.74, 6) is 2.17. The van der Waals surface area contributed by atoms with Gasteiger partial charge in [-0.15, -0.1) is 0 Å². The molecule has 1 atom stereocenters. The molecular weight excluding hydrogens is 296 g/mol. The number of carbonyl (C=O) groups is 1. The van der Waals surface area contributed by atoms with Gasteiger partial charge >= 0.3 is 0 Å². The first-order valence-electron chi connectivity index (χ1n) is 7.78. The molecule has 0 radical (unpaired) electrons. The van der Waals surface area contributed by atoms with Gasteiger partial charge in [0.05, 0.1) is 19.1 Å². The van der Waals surface area contributed by atoms with Crippen LogP contribution in [0.5, 0.6) is 0 Å². The Bertz CT molecular complexity index is 737. The number of rotatable bonds is 2. The topological polar surface area (TPSA) is 94.5 Å². The van der Waals surface area contributed by atoms with Crippen molar-refractivity contribution in [1.29, 1.82) is 0 Å². The molecule has 0 bridgehead atoms. The average Bonchev–Trinajstić information content (AvgIpc) is 3.22. The number of nitrogens with two attached hydrogens (primary N) is 1. The first-order valence-corrected chi connectivity index (χ1v) is 7.78. The molecule has 1 fully saturated rings. The van der Waals surface area contributed by atoms with Gasteiger partial charge in [-0.25, -0.2) is 9.97 Å². The van der Waals surface area contributed by atoms with Crippen LogP contribution in [-0.4, -0.2) is 40.5 Å². The highest BCUT2D eigenvalue weighted by molar-refractivity contribution is 5.94. The number of nitrogen functional groups attached to an aromatic ring is 1. The third kappa shape index (κ3) is 2.68. The first-order chi connectivity index (χ1) is 11.2. The summed E-state index contributed by atoms with van der Waals surface area (Å²) in [7, 11) is 0. The van der Waals surface area contributed by atoms with Gasteiger partial charge in [0.1, 0.15) is 17.3 Å². The maximum absolute atomic E-state index is 12.6. The molecule has 7 nitrogen and oxygen atoms in total. The first kappa shape index (κ1) is 14.2. The lowest BCUT2D eigenvalue weighted by molar-refractivity contribution is 0.0728. The molecule has 2 aliphatic heterocycles. The normalized spacial score (nSPS) is 20.5. The Labute approximate surface area is 133 Å². The molecule has 23 heavy (non-hydrogen) atoms. The molecule has 2 aromatic rings. The Morgan fingerprint density at radius 3 is 3.13 bits per heavy atom. The maximum Gasteiger partial charge on any atom is 0.254 e. The van der Waals surface area contributed by atoms with Crippen LogP contribution in [0.1, 0.15) is 40.0 Å². The van der Waals surface area contributed by atoms with Crippen LogP contribution in [0.25, 0.3) is 0 Å². The Kier molecular flexibility index (Phi) is 3.49. The smallest absolute Gasteiger partial charge is 0.254 e. The number of anilines is 1. The third-order valence-electron chi connectivity index (χ3n) is 4.34. The number of oxazole rings is 1. The van der Waals surface area contributed by atoms with Crippen LogP contribution in [0, 0.1) is 0 Å². The van der Waals surface area contributed by atoms with Gasteiger partial charge < -0.3 is 19.8 Å². The SMILES string of the molecule is Nc1cc(C(=O)N2CCc3oc(C4CCOC4)nc3C2)ccn1. The minimum atomic E-state index is -0.0569. The fourth-order valence-corrected chi connectivity index (χ4v) is 3.06. The molecule has 0 spiro atoms. The molecule has 2 N–H and O–H groups in total. The average molecular weight is 314 g/mol. The molecule has 120 valence electrons. The van der Waals surface area contributed by atoms with E-state index in [4.69, 9.17) is 14.9 Å². The van der Waals surface area contributed by atoms with Crippen LogP contribution < -0.4 is 5.73 Å². The zero-order valence-electron chi connectivity index (χ0n) is 12.7. The van der Waals surface area contributed by atoms with E-state index in [1.165, 1.54) is 0 Å². The van der Waals surface area contributed by atoms with Crippen LogP contribution >= 0.6 is 0 Å². The van der Waals surface area contributed by atoms with E-state index in [1.807, 2.05) is 0 Å². The summed E-state index contributed by atoms with van der Waals surface area (Å²) in [6, 6.07) is 3.28. The van der Waals surface area contributed by atoms with Crippen LogP contribution in [0.3, 0.4) is 0 Å². The van der Waals surface area contributed by atoms with Gasteiger partial charge in [0.2, 0.25) is 0 Å². The predicted octanol–water partition coefficient (Wildman–Crippen LogP) is 1.35. The summed E-state index contributed by atoms with van der Waals surface area (Å²) in [5.41, 5.74) is 7.06. The van der Waals surface area contributed by atoms with Crippen molar-refractivity contribution >= 4 is 11.7 Å². The van der Waals surface area contributed by atoms with Gasteiger partial charge in [-0.1, -0.05) is 0 Å². The van der Waals surface area contributed by atoms with Crippen molar-refractivity contribution in [3.05, 3.63) is 41.2 Å². The van der Waals surface area contributed by atoms with E-state index in [0.29, 0.717) is 37.5 Å². The number of amides is 1. The van der Waals surface area contributed by atoms with E-state index < -0.39 is 0 Å². The van der Waals surface area contributed by atoms with Crippen molar-refractivity contribution in [2.45, 2.75) is 25.3 Å². The Balaban J connectivity index is 1.53. The summed E-state index contributed by atoms with van der Waals surface area (Å²) >= 11 is 0. The summed E-state index contributed by atoms with van der Waals surface area (Å²) in [4.78, 5) is 22.9. The molecule has 1 amide bonds. The molecule has 1 saturated heterocycles. The second-order valence-electron chi connectivity index (χ2n) is 5.93. The Morgan fingerprint density at radius 1 is 1.43 bits per heavy atom. The number of hydrogen-bond donors (Lipinski definition) is 1. The maximum atomic E-state index is 12.6. The lowest BCUT2D eigenvalue weighted by Crippen LogP contribution is -2.35. The largest absolute Gasteiger partial charge is 0.445 e. The third-order valence-corrected chi connectivity index (χ3v) is 4.34. The number of nitrogens with zero attached hydrogens (tertiary/aromatic N) is 3. The van der Waals surface area contributed by atoms with Gasteiger partial charge in [0.25, 0.3) is 5.91 Å². The Hall–Kier alpha value is -2.41. The highest BCUT2D eigenvalue weighted by Gasteiger charge is 2.29. The molecule has 0 aromatic carbocycles. The summed E-state index contributed by atoms with van der Waals surface area (Å²) in [6.45, 7) is 2.50. The van der Waals surface area contributed by atoms with E-state index in [2.05, 4.69) is 9.97 Å². The van der Waals surface area contributed by atoms with Crippen molar-refractivity contribution < 1.29 is 13.9 Å². The van der Waals surface area contributed by atoms with E-state index in [9.17, 15) is 4.79 Å². The zero-order chi connectivity index (χ0) is 15.8. The molecule has 0 saturated carbocycles. The second kappa shape index (κ2) is 5.66. The molecule has 0 aliphatic carbocycles. The fraction of sp³-hybridized carbons (Fsp3) is 0.438. The van der Waals surface area contributed by atoms with Gasteiger partial charge in [-0.2, -0.15) is 0 Å². The van der Waals surface area contributed by atoms with Gasteiger partial charge in [0.15, 0.2) is 5.89 Å². The molecule has 4 rings (SSSR count). The summed E-state index contributed by atoms with van der Waals surface area (Å²) < 4.78 is 11.3.